The van der Waals surface area contributed by atoms with E-state index >= 15 is 0 Å². The number of aromatic nitrogens is 2. The molecule has 4 nitrogen and oxygen atoms in total. The number of hydrogen-bond donors (Lipinski definition) is 0. The summed E-state index contributed by atoms with van der Waals surface area (Å²) in [5.41, 5.74) is 4.53. The Labute approximate surface area is 188 Å². The molecule has 1 aromatic heterocycles. The summed E-state index contributed by atoms with van der Waals surface area (Å²) in [6.07, 6.45) is 0. The Morgan fingerprint density at radius 3 is 2.48 bits per heavy atom. The van der Waals surface area contributed by atoms with E-state index in [1.807, 2.05) is 30.3 Å². The predicted molar refractivity (Wildman–Crippen MR) is 130 cm³/mol. The molecule has 0 spiro atoms. The average Bonchev–Trinajstić information content (AvgIpc) is 2.79. The third kappa shape index (κ3) is 3.96. The summed E-state index contributed by atoms with van der Waals surface area (Å²) in [6, 6.07) is 25.1. The minimum absolute atomic E-state index is 0.378. The van der Waals surface area contributed by atoms with Gasteiger partial charge in [-0.15, -0.1) is 0 Å². The second-order valence-corrected chi connectivity index (χ2v) is 8.66. The van der Waals surface area contributed by atoms with Crippen molar-refractivity contribution >= 4 is 34.0 Å². The number of aryl methyl sites for hydroxylation is 1. The molecule has 0 N–H and O–H groups in total. The third-order valence-corrected chi connectivity index (χ3v) is 6.20. The number of para-hydroxylation sites is 1. The standard InChI is InChI=1S/C26H25ClN4/c1-18-6-5-7-22(16-18)31-15-14-30(17-19(31)2)26-23-8-3-4-9-24(23)28-25(29-26)20-10-12-21(27)13-11-20/h3-13,16,19H,14-15,17H2,1-2H3. The molecule has 3 aromatic carbocycles. The highest BCUT2D eigenvalue weighted by atomic mass is 35.5. The zero-order chi connectivity index (χ0) is 21.4. The number of anilines is 2. The highest BCUT2D eigenvalue weighted by Gasteiger charge is 2.26. The lowest BCUT2D eigenvalue weighted by Gasteiger charge is -2.42. The Hall–Kier alpha value is -3.11. The van der Waals surface area contributed by atoms with E-state index in [2.05, 4.69) is 66.1 Å². The first-order chi connectivity index (χ1) is 15.1. The van der Waals surface area contributed by atoms with Crippen LogP contribution in [0.15, 0.2) is 72.8 Å². The van der Waals surface area contributed by atoms with Crippen molar-refractivity contribution in [2.24, 2.45) is 0 Å². The van der Waals surface area contributed by atoms with Crippen LogP contribution in [0, 0.1) is 6.92 Å². The molecule has 2 heterocycles. The van der Waals surface area contributed by atoms with Crippen LogP contribution >= 0.6 is 11.6 Å². The van der Waals surface area contributed by atoms with E-state index in [0.29, 0.717) is 11.1 Å². The van der Waals surface area contributed by atoms with Crippen LogP contribution in [0.25, 0.3) is 22.3 Å². The van der Waals surface area contributed by atoms with Crippen molar-refractivity contribution in [3.63, 3.8) is 0 Å². The van der Waals surface area contributed by atoms with Gasteiger partial charge < -0.3 is 9.80 Å². The topological polar surface area (TPSA) is 32.3 Å². The zero-order valence-electron chi connectivity index (χ0n) is 17.8. The van der Waals surface area contributed by atoms with Gasteiger partial charge in [0.25, 0.3) is 0 Å². The normalized spacial score (nSPS) is 16.7. The third-order valence-electron chi connectivity index (χ3n) is 5.95. The van der Waals surface area contributed by atoms with Gasteiger partial charge in [0.05, 0.1) is 5.52 Å². The van der Waals surface area contributed by atoms with Gasteiger partial charge in [0.1, 0.15) is 5.82 Å². The maximum Gasteiger partial charge on any atom is 0.162 e. The molecule has 1 atom stereocenters. The highest BCUT2D eigenvalue weighted by molar-refractivity contribution is 6.30. The van der Waals surface area contributed by atoms with Crippen molar-refractivity contribution in [2.75, 3.05) is 29.4 Å². The van der Waals surface area contributed by atoms with Crippen molar-refractivity contribution in [1.82, 2.24) is 9.97 Å². The molecule has 0 aliphatic carbocycles. The molecule has 0 amide bonds. The molecule has 4 aromatic rings. The lowest BCUT2D eigenvalue weighted by atomic mass is 10.1. The summed E-state index contributed by atoms with van der Waals surface area (Å²) in [5.74, 6) is 1.74. The first-order valence-corrected chi connectivity index (χ1v) is 11.1. The number of hydrogen-bond acceptors (Lipinski definition) is 4. The SMILES string of the molecule is Cc1cccc(N2CCN(c3nc(-c4ccc(Cl)cc4)nc4ccccc34)CC2C)c1. The monoisotopic (exact) mass is 428 g/mol. The van der Waals surface area contributed by atoms with Gasteiger partial charge in [-0.25, -0.2) is 9.97 Å². The Morgan fingerprint density at radius 1 is 0.903 bits per heavy atom. The van der Waals surface area contributed by atoms with Crippen LogP contribution in [0.3, 0.4) is 0 Å². The van der Waals surface area contributed by atoms with Crippen LogP contribution in [0.1, 0.15) is 12.5 Å². The zero-order valence-corrected chi connectivity index (χ0v) is 18.5. The van der Waals surface area contributed by atoms with Crippen LogP contribution in [-0.4, -0.2) is 35.6 Å². The summed E-state index contributed by atoms with van der Waals surface area (Å²) in [7, 11) is 0. The van der Waals surface area contributed by atoms with E-state index in [1.54, 1.807) is 0 Å². The molecule has 5 heteroatoms. The van der Waals surface area contributed by atoms with Gasteiger partial charge in [-0.2, -0.15) is 0 Å². The fourth-order valence-corrected chi connectivity index (χ4v) is 4.50. The molecule has 0 radical (unpaired) electrons. The summed E-state index contributed by atoms with van der Waals surface area (Å²) < 4.78 is 0. The van der Waals surface area contributed by atoms with Crippen molar-refractivity contribution in [1.29, 1.82) is 0 Å². The average molecular weight is 429 g/mol. The number of fused-ring (bicyclic) bond motifs is 1. The molecule has 0 saturated carbocycles. The van der Waals surface area contributed by atoms with E-state index in [-0.39, 0.29) is 0 Å². The van der Waals surface area contributed by atoms with Gasteiger partial charge in [-0.05, 0) is 67.9 Å². The second kappa shape index (κ2) is 8.20. The van der Waals surface area contributed by atoms with Gasteiger partial charge in [0, 0.05) is 47.3 Å². The highest BCUT2D eigenvalue weighted by Crippen LogP contribution is 2.30. The van der Waals surface area contributed by atoms with Crippen molar-refractivity contribution < 1.29 is 0 Å². The first kappa shape index (κ1) is 19.8. The molecule has 1 saturated heterocycles. The molecule has 1 fully saturated rings. The largest absolute Gasteiger partial charge is 0.365 e. The lowest BCUT2D eigenvalue weighted by Crippen LogP contribution is -2.52. The smallest absolute Gasteiger partial charge is 0.162 e. The minimum atomic E-state index is 0.378. The Kier molecular flexibility index (Phi) is 5.24. The molecular weight excluding hydrogens is 404 g/mol. The van der Waals surface area contributed by atoms with Crippen molar-refractivity contribution in [2.45, 2.75) is 19.9 Å². The number of piperazine rings is 1. The van der Waals surface area contributed by atoms with Gasteiger partial charge in [-0.1, -0.05) is 35.9 Å². The van der Waals surface area contributed by atoms with Crippen LogP contribution in [-0.2, 0) is 0 Å². The van der Waals surface area contributed by atoms with Crippen LogP contribution in [0.2, 0.25) is 5.02 Å². The van der Waals surface area contributed by atoms with Gasteiger partial charge in [-0.3, -0.25) is 0 Å². The van der Waals surface area contributed by atoms with E-state index in [0.717, 1.165) is 47.7 Å². The van der Waals surface area contributed by atoms with E-state index in [4.69, 9.17) is 21.6 Å². The Morgan fingerprint density at radius 2 is 1.71 bits per heavy atom. The molecule has 1 aliphatic heterocycles. The summed E-state index contributed by atoms with van der Waals surface area (Å²) >= 11 is 6.08. The molecular formula is C26H25ClN4. The minimum Gasteiger partial charge on any atom is -0.365 e. The number of rotatable bonds is 3. The van der Waals surface area contributed by atoms with Crippen LogP contribution in [0.4, 0.5) is 11.5 Å². The fourth-order valence-electron chi connectivity index (χ4n) is 4.37. The summed E-state index contributed by atoms with van der Waals surface area (Å²) in [4.78, 5) is 14.8. The van der Waals surface area contributed by atoms with Crippen LogP contribution < -0.4 is 9.80 Å². The lowest BCUT2D eigenvalue weighted by molar-refractivity contribution is 0.548. The summed E-state index contributed by atoms with van der Waals surface area (Å²) in [6.45, 7) is 7.22. The molecule has 1 unspecified atom stereocenters. The van der Waals surface area contributed by atoms with Gasteiger partial charge in [0.2, 0.25) is 0 Å². The number of nitrogens with zero attached hydrogens (tertiary/aromatic N) is 4. The van der Waals surface area contributed by atoms with Crippen LogP contribution in [0.5, 0.6) is 0 Å². The number of benzene rings is 3. The second-order valence-electron chi connectivity index (χ2n) is 8.22. The Balaban J connectivity index is 1.50. The molecule has 1 aliphatic rings. The molecule has 31 heavy (non-hydrogen) atoms. The predicted octanol–water partition coefficient (Wildman–Crippen LogP) is 5.97. The molecule has 156 valence electrons. The van der Waals surface area contributed by atoms with Crippen molar-refractivity contribution in [3.05, 3.63) is 83.4 Å². The maximum absolute atomic E-state index is 6.08. The fraction of sp³-hybridized carbons (Fsp3) is 0.231. The van der Waals surface area contributed by atoms with Gasteiger partial charge >= 0.3 is 0 Å². The van der Waals surface area contributed by atoms with Crippen molar-refractivity contribution in [3.8, 4) is 11.4 Å². The number of halogens is 1. The first-order valence-electron chi connectivity index (χ1n) is 10.7. The Bertz CT molecular complexity index is 1220. The molecule has 0 bridgehead atoms. The van der Waals surface area contributed by atoms with E-state index < -0.39 is 0 Å². The summed E-state index contributed by atoms with van der Waals surface area (Å²) in [5, 5.41) is 1.81. The van der Waals surface area contributed by atoms with E-state index in [9.17, 15) is 0 Å². The maximum atomic E-state index is 6.08. The van der Waals surface area contributed by atoms with Gasteiger partial charge in [0.15, 0.2) is 5.82 Å². The quantitative estimate of drug-likeness (QED) is 0.402. The van der Waals surface area contributed by atoms with E-state index in [1.165, 1.54) is 11.3 Å². The molecule has 5 rings (SSSR count).